The van der Waals surface area contributed by atoms with Crippen LogP contribution in [0.4, 0.5) is 0 Å². The lowest BCUT2D eigenvalue weighted by Crippen LogP contribution is -2.41. The standard InChI is InChI=1S/C15H28N2O3/c1-12(2)15(3,14(19)20)11-13(18)16(4)9-10-17-7-5-6-8-17/h12H,5-11H2,1-4H3,(H,19,20). The number of hydrogen-bond donors (Lipinski definition) is 1. The van der Waals surface area contributed by atoms with Gasteiger partial charge in [0.05, 0.1) is 5.41 Å². The smallest absolute Gasteiger partial charge is 0.310 e. The number of carboxylic acid groups (broad SMARTS) is 1. The molecule has 1 unspecified atom stereocenters. The van der Waals surface area contributed by atoms with Crippen LogP contribution in [0.5, 0.6) is 0 Å². The fraction of sp³-hybridized carbons (Fsp3) is 0.867. The Morgan fingerprint density at radius 1 is 1.30 bits per heavy atom. The molecule has 1 atom stereocenters. The highest BCUT2D eigenvalue weighted by Crippen LogP contribution is 2.31. The van der Waals surface area contributed by atoms with E-state index in [9.17, 15) is 14.7 Å². The third-order valence-electron chi connectivity index (χ3n) is 4.66. The summed E-state index contributed by atoms with van der Waals surface area (Å²) in [5.74, 6) is -1.05. The topological polar surface area (TPSA) is 60.9 Å². The summed E-state index contributed by atoms with van der Waals surface area (Å²) in [7, 11) is 1.76. The molecule has 20 heavy (non-hydrogen) atoms. The molecule has 1 saturated heterocycles. The number of carbonyl (C=O) groups excluding carboxylic acids is 1. The van der Waals surface area contributed by atoms with Crippen LogP contribution in [0, 0.1) is 11.3 Å². The second-order valence-electron chi connectivity index (χ2n) is 6.42. The van der Waals surface area contributed by atoms with Crippen LogP contribution in [0.1, 0.15) is 40.0 Å². The lowest BCUT2D eigenvalue weighted by molar-refractivity contribution is -0.155. The maximum absolute atomic E-state index is 12.2. The Kier molecular flexibility index (Phi) is 5.99. The average molecular weight is 284 g/mol. The van der Waals surface area contributed by atoms with Crippen LogP contribution < -0.4 is 0 Å². The lowest BCUT2D eigenvalue weighted by atomic mass is 9.76. The Balaban J connectivity index is 2.49. The molecule has 0 aliphatic carbocycles. The molecule has 1 rings (SSSR count). The summed E-state index contributed by atoms with van der Waals surface area (Å²) in [5, 5.41) is 9.36. The minimum atomic E-state index is -0.987. The van der Waals surface area contributed by atoms with Crippen molar-refractivity contribution in [3.05, 3.63) is 0 Å². The first-order valence-electron chi connectivity index (χ1n) is 7.47. The summed E-state index contributed by atoms with van der Waals surface area (Å²) < 4.78 is 0. The molecule has 0 spiro atoms. The number of carboxylic acids is 1. The molecule has 0 aromatic rings. The molecule has 1 fully saturated rings. The Hall–Kier alpha value is -1.10. The Morgan fingerprint density at radius 2 is 1.85 bits per heavy atom. The number of carbonyl (C=O) groups is 2. The minimum Gasteiger partial charge on any atom is -0.481 e. The lowest BCUT2D eigenvalue weighted by Gasteiger charge is -2.30. The number of rotatable bonds is 7. The van der Waals surface area contributed by atoms with Gasteiger partial charge in [-0.2, -0.15) is 0 Å². The van der Waals surface area contributed by atoms with Crippen molar-refractivity contribution in [2.24, 2.45) is 11.3 Å². The molecule has 1 amide bonds. The van der Waals surface area contributed by atoms with Crippen LogP contribution in [0.2, 0.25) is 0 Å². The van der Waals surface area contributed by atoms with Crippen LogP contribution in [-0.2, 0) is 9.59 Å². The maximum atomic E-state index is 12.2. The summed E-state index contributed by atoms with van der Waals surface area (Å²) in [6.07, 6.45) is 2.54. The predicted octanol–water partition coefficient (Wildman–Crippen LogP) is 1.68. The first-order chi connectivity index (χ1) is 9.27. The zero-order chi connectivity index (χ0) is 15.3. The second kappa shape index (κ2) is 7.07. The van der Waals surface area contributed by atoms with Crippen molar-refractivity contribution in [3.8, 4) is 0 Å². The molecule has 1 N–H and O–H groups in total. The van der Waals surface area contributed by atoms with Crippen LogP contribution in [0.3, 0.4) is 0 Å². The number of nitrogens with zero attached hydrogens (tertiary/aromatic N) is 2. The van der Waals surface area contributed by atoms with Crippen LogP contribution in [-0.4, -0.2) is 60.0 Å². The number of amides is 1. The highest BCUT2D eigenvalue weighted by molar-refractivity contribution is 5.84. The van der Waals surface area contributed by atoms with Crippen molar-refractivity contribution >= 4 is 11.9 Å². The number of hydrogen-bond acceptors (Lipinski definition) is 3. The molecule has 0 radical (unpaired) electrons. The van der Waals surface area contributed by atoms with Gasteiger partial charge in [0.15, 0.2) is 0 Å². The van der Waals surface area contributed by atoms with Gasteiger partial charge in [-0.3, -0.25) is 9.59 Å². The van der Waals surface area contributed by atoms with E-state index in [1.54, 1.807) is 18.9 Å². The van der Waals surface area contributed by atoms with Gasteiger partial charge in [-0.05, 0) is 38.8 Å². The van der Waals surface area contributed by atoms with E-state index >= 15 is 0 Å². The first kappa shape index (κ1) is 17.0. The molecule has 1 aliphatic rings. The molecular formula is C15H28N2O3. The van der Waals surface area contributed by atoms with Crippen molar-refractivity contribution in [1.29, 1.82) is 0 Å². The van der Waals surface area contributed by atoms with Crippen LogP contribution in [0.25, 0.3) is 0 Å². The molecule has 0 saturated carbocycles. The molecule has 0 aromatic heterocycles. The summed E-state index contributed by atoms with van der Waals surface area (Å²) in [4.78, 5) is 27.6. The van der Waals surface area contributed by atoms with Crippen molar-refractivity contribution in [2.45, 2.75) is 40.0 Å². The van der Waals surface area contributed by atoms with Crippen molar-refractivity contribution in [3.63, 3.8) is 0 Å². The van der Waals surface area contributed by atoms with Gasteiger partial charge < -0.3 is 14.9 Å². The molecule has 1 heterocycles. The minimum absolute atomic E-state index is 0.0660. The fourth-order valence-corrected chi connectivity index (χ4v) is 2.40. The summed E-state index contributed by atoms with van der Waals surface area (Å²) in [6, 6.07) is 0. The van der Waals surface area contributed by atoms with Gasteiger partial charge >= 0.3 is 5.97 Å². The number of likely N-dealkylation sites (N-methyl/N-ethyl adjacent to an activating group) is 1. The molecule has 5 nitrogen and oxygen atoms in total. The molecular weight excluding hydrogens is 256 g/mol. The van der Waals surface area contributed by atoms with Gasteiger partial charge in [-0.15, -0.1) is 0 Å². The van der Waals surface area contributed by atoms with Gasteiger partial charge in [0, 0.05) is 26.6 Å². The molecule has 0 aromatic carbocycles. The zero-order valence-electron chi connectivity index (χ0n) is 13.2. The zero-order valence-corrected chi connectivity index (χ0v) is 13.2. The van der Waals surface area contributed by atoms with Gasteiger partial charge in [0.1, 0.15) is 0 Å². The maximum Gasteiger partial charge on any atom is 0.310 e. The van der Waals surface area contributed by atoms with Gasteiger partial charge in [-0.25, -0.2) is 0 Å². The highest BCUT2D eigenvalue weighted by atomic mass is 16.4. The van der Waals surface area contributed by atoms with Crippen LogP contribution >= 0.6 is 0 Å². The summed E-state index contributed by atoms with van der Waals surface area (Å²) in [6.45, 7) is 9.14. The normalized spacial score (nSPS) is 19.1. The highest BCUT2D eigenvalue weighted by Gasteiger charge is 2.39. The van der Waals surface area contributed by atoms with E-state index in [0.29, 0.717) is 6.54 Å². The summed E-state index contributed by atoms with van der Waals surface area (Å²) >= 11 is 0. The molecule has 0 bridgehead atoms. The van der Waals surface area contributed by atoms with Crippen molar-refractivity contribution in [1.82, 2.24) is 9.80 Å². The largest absolute Gasteiger partial charge is 0.481 e. The van der Waals surface area contributed by atoms with Crippen molar-refractivity contribution < 1.29 is 14.7 Å². The third-order valence-corrected chi connectivity index (χ3v) is 4.66. The summed E-state index contributed by atoms with van der Waals surface area (Å²) in [5.41, 5.74) is -0.987. The first-order valence-corrected chi connectivity index (χ1v) is 7.47. The SMILES string of the molecule is CC(C)C(C)(CC(=O)N(C)CCN1CCCC1)C(=O)O. The Bertz CT molecular complexity index is 351. The van der Waals surface area contributed by atoms with E-state index in [4.69, 9.17) is 0 Å². The monoisotopic (exact) mass is 284 g/mol. The average Bonchev–Trinajstić information content (AvgIpc) is 2.88. The van der Waals surface area contributed by atoms with E-state index in [1.807, 2.05) is 13.8 Å². The Labute approximate surface area is 121 Å². The van der Waals surface area contributed by atoms with Gasteiger partial charge in [0.25, 0.3) is 0 Å². The van der Waals surface area contributed by atoms with E-state index in [2.05, 4.69) is 4.90 Å². The van der Waals surface area contributed by atoms with Crippen LogP contribution in [0.15, 0.2) is 0 Å². The molecule has 116 valence electrons. The van der Waals surface area contributed by atoms with Crippen molar-refractivity contribution in [2.75, 3.05) is 33.2 Å². The second-order valence-corrected chi connectivity index (χ2v) is 6.42. The number of likely N-dealkylation sites (tertiary alicyclic amines) is 1. The van der Waals surface area contributed by atoms with E-state index in [0.717, 1.165) is 19.6 Å². The van der Waals surface area contributed by atoms with Gasteiger partial charge in [0.2, 0.25) is 5.91 Å². The van der Waals surface area contributed by atoms with E-state index in [-0.39, 0.29) is 18.2 Å². The fourth-order valence-electron chi connectivity index (χ4n) is 2.40. The molecule has 5 heteroatoms. The molecule has 1 aliphatic heterocycles. The predicted molar refractivity (Wildman–Crippen MR) is 78.5 cm³/mol. The van der Waals surface area contributed by atoms with E-state index < -0.39 is 11.4 Å². The van der Waals surface area contributed by atoms with Gasteiger partial charge in [-0.1, -0.05) is 13.8 Å². The quantitative estimate of drug-likeness (QED) is 0.772. The Morgan fingerprint density at radius 3 is 2.30 bits per heavy atom. The van der Waals surface area contributed by atoms with E-state index in [1.165, 1.54) is 12.8 Å². The number of aliphatic carboxylic acids is 1. The third kappa shape index (κ3) is 4.20.